The summed E-state index contributed by atoms with van der Waals surface area (Å²) in [7, 11) is -3.82. The maximum atomic E-state index is 13.4. The quantitative estimate of drug-likeness (QED) is 0.718. The van der Waals surface area contributed by atoms with Crippen molar-refractivity contribution in [1.82, 2.24) is 5.32 Å². The van der Waals surface area contributed by atoms with E-state index in [0.29, 0.717) is 5.02 Å². The van der Waals surface area contributed by atoms with Gasteiger partial charge in [0.25, 0.3) is 0 Å². The minimum atomic E-state index is -3.82. The summed E-state index contributed by atoms with van der Waals surface area (Å²) in [6.07, 6.45) is 1.20. The third kappa shape index (κ3) is 5.57. The van der Waals surface area contributed by atoms with Gasteiger partial charge in [-0.1, -0.05) is 42.3 Å². The molecular weight excluding hydrogens is 414 g/mol. The summed E-state index contributed by atoms with van der Waals surface area (Å²) in [5.74, 6) is -1.15. The van der Waals surface area contributed by atoms with Gasteiger partial charge >= 0.3 is 0 Å². The minimum absolute atomic E-state index is 0.123. The van der Waals surface area contributed by atoms with Crippen molar-refractivity contribution in [1.29, 1.82) is 0 Å². The predicted molar refractivity (Wildman–Crippen MR) is 106 cm³/mol. The molecule has 1 N–H and O–H groups in total. The zero-order valence-electron chi connectivity index (χ0n) is 14.7. The van der Waals surface area contributed by atoms with E-state index in [4.69, 9.17) is 23.2 Å². The Hall–Kier alpha value is -1.83. The van der Waals surface area contributed by atoms with E-state index in [0.717, 1.165) is 22.2 Å². The van der Waals surface area contributed by atoms with E-state index in [2.05, 4.69) is 5.32 Å². The van der Waals surface area contributed by atoms with Gasteiger partial charge < -0.3 is 5.32 Å². The number of hydrogen-bond donors (Lipinski definition) is 1. The normalized spacial score (nSPS) is 12.5. The summed E-state index contributed by atoms with van der Waals surface area (Å²) in [5, 5.41) is 3.07. The maximum Gasteiger partial charge on any atom is 0.244 e. The van der Waals surface area contributed by atoms with Crippen molar-refractivity contribution in [3.63, 3.8) is 0 Å². The van der Waals surface area contributed by atoms with Gasteiger partial charge in [0.05, 0.1) is 17.0 Å². The highest BCUT2D eigenvalue weighted by Crippen LogP contribution is 2.27. The van der Waals surface area contributed by atoms with E-state index in [-0.39, 0.29) is 23.7 Å². The zero-order chi connectivity index (χ0) is 20.2. The molecule has 2 rings (SSSR count). The molecular formula is C18H19Cl2FN2O3S. The number of halogens is 3. The van der Waals surface area contributed by atoms with Crippen LogP contribution in [-0.2, 0) is 21.4 Å². The molecule has 1 atom stereocenters. The number of carbonyl (C=O) groups is 1. The first-order valence-corrected chi connectivity index (χ1v) is 10.7. The van der Waals surface area contributed by atoms with Crippen molar-refractivity contribution in [2.45, 2.75) is 25.9 Å². The first kappa shape index (κ1) is 21.5. The van der Waals surface area contributed by atoms with E-state index < -0.39 is 27.8 Å². The van der Waals surface area contributed by atoms with Crippen LogP contribution in [0.2, 0.25) is 10.0 Å². The molecule has 0 aliphatic rings. The fourth-order valence-corrected chi connectivity index (χ4v) is 4.10. The first-order chi connectivity index (χ1) is 12.6. The Morgan fingerprint density at radius 3 is 2.33 bits per heavy atom. The van der Waals surface area contributed by atoms with E-state index >= 15 is 0 Å². The van der Waals surface area contributed by atoms with Gasteiger partial charge in [-0.15, -0.1) is 0 Å². The molecule has 0 unspecified atom stereocenters. The number of nitrogens with one attached hydrogen (secondary N) is 1. The molecule has 0 radical (unpaired) electrons. The fourth-order valence-electron chi connectivity index (χ4n) is 2.59. The van der Waals surface area contributed by atoms with E-state index in [9.17, 15) is 17.6 Å². The molecule has 1 amide bonds. The zero-order valence-corrected chi connectivity index (χ0v) is 17.1. The van der Waals surface area contributed by atoms with Crippen LogP contribution >= 0.6 is 23.2 Å². The predicted octanol–water partition coefficient (Wildman–Crippen LogP) is 3.99. The average Bonchev–Trinajstić information content (AvgIpc) is 2.60. The summed E-state index contributed by atoms with van der Waals surface area (Å²) in [4.78, 5) is 12.7. The smallest absolute Gasteiger partial charge is 0.244 e. The van der Waals surface area contributed by atoms with Crippen LogP contribution in [0.4, 0.5) is 10.1 Å². The van der Waals surface area contributed by atoms with Crippen LogP contribution in [0.1, 0.15) is 18.9 Å². The Bertz CT molecular complexity index is 921. The molecule has 0 aliphatic heterocycles. The highest BCUT2D eigenvalue weighted by atomic mass is 35.5. The first-order valence-electron chi connectivity index (χ1n) is 8.10. The molecule has 0 saturated carbocycles. The van der Waals surface area contributed by atoms with Gasteiger partial charge in [0.15, 0.2) is 0 Å². The number of carbonyl (C=O) groups excluding carboxylic acids is 1. The Morgan fingerprint density at radius 2 is 1.81 bits per heavy atom. The Morgan fingerprint density at radius 1 is 1.19 bits per heavy atom. The van der Waals surface area contributed by atoms with Gasteiger partial charge in [-0.3, -0.25) is 9.10 Å². The fraction of sp³-hybridized carbons (Fsp3) is 0.278. The molecule has 27 heavy (non-hydrogen) atoms. The molecule has 0 saturated heterocycles. The third-order valence-corrected chi connectivity index (χ3v) is 5.59. The number of hydrogen-bond acceptors (Lipinski definition) is 3. The largest absolute Gasteiger partial charge is 0.350 e. The van der Waals surface area contributed by atoms with Crippen LogP contribution in [0.3, 0.4) is 0 Å². The molecule has 0 aromatic heterocycles. The molecule has 0 bridgehead atoms. The van der Waals surface area contributed by atoms with Crippen LogP contribution in [0.5, 0.6) is 0 Å². The van der Waals surface area contributed by atoms with Gasteiger partial charge in [0.1, 0.15) is 11.9 Å². The monoisotopic (exact) mass is 432 g/mol. The van der Waals surface area contributed by atoms with Crippen molar-refractivity contribution in [3.05, 3.63) is 63.9 Å². The lowest BCUT2D eigenvalue weighted by Crippen LogP contribution is -2.49. The summed E-state index contributed by atoms with van der Waals surface area (Å²) < 4.78 is 39.1. The summed E-state index contributed by atoms with van der Waals surface area (Å²) in [5.41, 5.74) is 0.940. The highest BCUT2D eigenvalue weighted by Gasteiger charge is 2.31. The molecule has 0 spiro atoms. The van der Waals surface area contributed by atoms with Crippen LogP contribution in [0.25, 0.3) is 0 Å². The maximum absolute atomic E-state index is 13.4. The molecule has 0 heterocycles. The SMILES string of the molecule is CC[C@H](C(=O)NCc1ccc(Cl)cc1)N(c1ccc(F)c(Cl)c1)S(C)(=O)=O. The second-order valence-corrected chi connectivity index (χ2v) is 8.63. The topological polar surface area (TPSA) is 66.5 Å². The number of anilines is 1. The third-order valence-electron chi connectivity index (χ3n) is 3.87. The lowest BCUT2D eigenvalue weighted by atomic mass is 10.1. The van der Waals surface area contributed by atoms with Crippen molar-refractivity contribution in [2.24, 2.45) is 0 Å². The molecule has 5 nitrogen and oxygen atoms in total. The van der Waals surface area contributed by atoms with Crippen molar-refractivity contribution in [2.75, 3.05) is 10.6 Å². The van der Waals surface area contributed by atoms with E-state index in [1.807, 2.05) is 0 Å². The average molecular weight is 433 g/mol. The van der Waals surface area contributed by atoms with Crippen LogP contribution in [-0.4, -0.2) is 26.6 Å². The van der Waals surface area contributed by atoms with Gasteiger partial charge in [-0.2, -0.15) is 0 Å². The van der Waals surface area contributed by atoms with E-state index in [1.165, 1.54) is 12.1 Å². The summed E-state index contributed by atoms with van der Waals surface area (Å²) >= 11 is 11.6. The summed E-state index contributed by atoms with van der Waals surface area (Å²) in [6.45, 7) is 1.91. The number of benzene rings is 2. The second kappa shape index (κ2) is 8.91. The molecule has 0 aliphatic carbocycles. The number of nitrogens with zero attached hydrogens (tertiary/aromatic N) is 1. The van der Waals surface area contributed by atoms with Crippen molar-refractivity contribution in [3.8, 4) is 0 Å². The second-order valence-electron chi connectivity index (χ2n) is 5.93. The van der Waals surface area contributed by atoms with Crippen LogP contribution in [0, 0.1) is 5.82 Å². The Kier molecular flexibility index (Phi) is 7.08. The number of sulfonamides is 1. The minimum Gasteiger partial charge on any atom is -0.350 e. The Labute approximate surface area is 168 Å². The van der Waals surface area contributed by atoms with Crippen molar-refractivity contribution >= 4 is 44.8 Å². The highest BCUT2D eigenvalue weighted by molar-refractivity contribution is 7.92. The van der Waals surface area contributed by atoms with Crippen molar-refractivity contribution < 1.29 is 17.6 Å². The lowest BCUT2D eigenvalue weighted by Gasteiger charge is -2.30. The van der Waals surface area contributed by atoms with E-state index in [1.54, 1.807) is 31.2 Å². The van der Waals surface area contributed by atoms with Gasteiger partial charge in [-0.25, -0.2) is 12.8 Å². The molecule has 0 fully saturated rings. The van der Waals surface area contributed by atoms with Gasteiger partial charge in [0.2, 0.25) is 15.9 Å². The van der Waals surface area contributed by atoms with Gasteiger partial charge in [-0.05, 0) is 42.3 Å². The Balaban J connectivity index is 2.27. The van der Waals surface area contributed by atoms with Crippen LogP contribution in [0.15, 0.2) is 42.5 Å². The molecule has 146 valence electrons. The van der Waals surface area contributed by atoms with Gasteiger partial charge in [0, 0.05) is 11.6 Å². The standard InChI is InChI=1S/C18H19Cl2FN2O3S/c1-3-17(18(24)22-11-12-4-6-13(19)7-5-12)23(27(2,25)26)14-8-9-16(21)15(20)10-14/h4-10,17H,3,11H2,1-2H3,(H,22,24)/t17-/m1/s1. The lowest BCUT2D eigenvalue weighted by molar-refractivity contribution is -0.122. The molecule has 2 aromatic rings. The molecule has 2 aromatic carbocycles. The number of rotatable bonds is 7. The molecule has 9 heteroatoms. The van der Waals surface area contributed by atoms with Crippen LogP contribution < -0.4 is 9.62 Å². The summed E-state index contributed by atoms with van der Waals surface area (Å²) in [6, 6.07) is 9.44. The number of amides is 1.